The van der Waals surface area contributed by atoms with Crippen LogP contribution in [0.1, 0.15) is 50.3 Å². The Morgan fingerprint density at radius 3 is 2.71 bits per heavy atom. The van der Waals surface area contributed by atoms with Gasteiger partial charge in [0.15, 0.2) is 21.5 Å². The van der Waals surface area contributed by atoms with E-state index in [-0.39, 0.29) is 42.8 Å². The molecule has 0 unspecified atom stereocenters. The fourth-order valence-electron chi connectivity index (χ4n) is 4.01. The molecule has 0 saturated heterocycles. The molecule has 0 bridgehead atoms. The minimum absolute atomic E-state index is 0.0422. The standard InChI is InChI=1S/C21H25F2N3O4S/c1-3-31(28,29)15-11-18(17-10-13(2)26(27)19-16(17)6-9-24-19)20(25-12-15)30-14-4-7-21(22,23)8-5-14/h6,9-10,12,14,25,27H,3-5,7-8,11H2,1-2H3. The van der Waals surface area contributed by atoms with Crippen molar-refractivity contribution >= 4 is 15.4 Å². The van der Waals surface area contributed by atoms with Gasteiger partial charge in [-0.25, -0.2) is 22.2 Å². The minimum atomic E-state index is -3.45. The summed E-state index contributed by atoms with van der Waals surface area (Å²) >= 11 is 0. The molecule has 2 N–H and O–H groups in total. The number of aromatic nitrogens is 2. The number of fused-ring (bicyclic) bond motifs is 1. The molecule has 31 heavy (non-hydrogen) atoms. The molecule has 0 aromatic carbocycles. The number of hydrogen-bond acceptors (Lipinski definition) is 6. The molecular formula is C21H25F2N3O4S. The highest BCUT2D eigenvalue weighted by molar-refractivity contribution is 7.95. The lowest BCUT2D eigenvalue weighted by molar-refractivity contribution is -0.0701. The fraction of sp³-hybridized carbons (Fsp3) is 0.476. The number of alkyl halides is 2. The number of halogens is 2. The highest BCUT2D eigenvalue weighted by Gasteiger charge is 2.37. The van der Waals surface area contributed by atoms with Gasteiger partial charge in [-0.3, -0.25) is 0 Å². The van der Waals surface area contributed by atoms with E-state index in [4.69, 9.17) is 4.74 Å². The van der Waals surface area contributed by atoms with Crippen molar-refractivity contribution in [2.24, 2.45) is 0 Å². The van der Waals surface area contributed by atoms with Crippen molar-refractivity contribution in [1.82, 2.24) is 15.0 Å². The molecule has 168 valence electrons. The van der Waals surface area contributed by atoms with Crippen LogP contribution in [0.25, 0.3) is 17.0 Å². The summed E-state index contributed by atoms with van der Waals surface area (Å²) in [6.45, 7) is 3.28. The molecule has 0 amide bonds. The van der Waals surface area contributed by atoms with Crippen LogP contribution in [-0.4, -0.2) is 41.1 Å². The normalized spacial score (nSPS) is 19.9. The molecule has 1 fully saturated rings. The Morgan fingerprint density at radius 2 is 2.03 bits per heavy atom. The van der Waals surface area contributed by atoms with Gasteiger partial charge in [-0.2, -0.15) is 4.73 Å². The third-order valence-electron chi connectivity index (χ3n) is 5.90. The highest BCUT2D eigenvalue weighted by Crippen LogP contribution is 2.40. The first-order chi connectivity index (χ1) is 14.6. The van der Waals surface area contributed by atoms with Gasteiger partial charge in [-0.15, -0.1) is 0 Å². The first kappa shape index (κ1) is 21.6. The largest absolute Gasteiger partial charge is 0.475 e. The first-order valence-corrected chi connectivity index (χ1v) is 11.9. The summed E-state index contributed by atoms with van der Waals surface area (Å²) in [5, 5.41) is 13.2. The van der Waals surface area contributed by atoms with Crippen LogP contribution >= 0.6 is 0 Å². The highest BCUT2D eigenvalue weighted by atomic mass is 32.2. The van der Waals surface area contributed by atoms with Gasteiger partial charge < -0.3 is 15.3 Å². The molecule has 0 atom stereocenters. The molecule has 7 nitrogen and oxygen atoms in total. The molecule has 0 aromatic rings. The predicted octanol–water partition coefficient (Wildman–Crippen LogP) is 4.07. The van der Waals surface area contributed by atoms with E-state index in [2.05, 4.69) is 10.3 Å². The van der Waals surface area contributed by atoms with Crippen LogP contribution in [0.3, 0.4) is 0 Å². The summed E-state index contributed by atoms with van der Waals surface area (Å²) in [6, 6.07) is 3.47. The monoisotopic (exact) mass is 453 g/mol. The number of hydrogen-bond donors (Lipinski definition) is 2. The van der Waals surface area contributed by atoms with Crippen LogP contribution in [0.15, 0.2) is 35.3 Å². The summed E-state index contributed by atoms with van der Waals surface area (Å²) < 4.78 is 59.2. The van der Waals surface area contributed by atoms with Gasteiger partial charge in [0.05, 0.1) is 16.4 Å². The summed E-state index contributed by atoms with van der Waals surface area (Å²) in [5.74, 6) is -2.02. The van der Waals surface area contributed by atoms with E-state index in [1.54, 1.807) is 32.2 Å². The lowest BCUT2D eigenvalue weighted by Crippen LogP contribution is -2.31. The van der Waals surface area contributed by atoms with Gasteiger partial charge in [0, 0.05) is 42.8 Å². The number of aryl methyl sites for hydroxylation is 1. The number of allylic oxidation sites excluding steroid dienone is 2. The van der Waals surface area contributed by atoms with Crippen LogP contribution in [0.4, 0.5) is 8.78 Å². The second kappa shape index (κ2) is 7.81. The third-order valence-corrected chi connectivity index (χ3v) is 7.72. The number of rotatable bonds is 5. The summed E-state index contributed by atoms with van der Waals surface area (Å²) in [4.78, 5) is 4.41. The zero-order valence-electron chi connectivity index (χ0n) is 17.4. The summed E-state index contributed by atoms with van der Waals surface area (Å²) in [5.41, 5.74) is 2.42. The quantitative estimate of drug-likeness (QED) is 0.663. The Balaban J connectivity index is 1.75. The maximum atomic E-state index is 13.5. The van der Waals surface area contributed by atoms with E-state index >= 15 is 0 Å². The van der Waals surface area contributed by atoms with Crippen molar-refractivity contribution in [2.45, 2.75) is 58.0 Å². The van der Waals surface area contributed by atoms with Crippen molar-refractivity contribution in [1.29, 1.82) is 0 Å². The zero-order chi connectivity index (χ0) is 22.4. The maximum Gasteiger partial charge on any atom is 0.248 e. The van der Waals surface area contributed by atoms with Gasteiger partial charge in [-0.1, -0.05) is 6.92 Å². The van der Waals surface area contributed by atoms with E-state index < -0.39 is 21.9 Å². The SMILES string of the molecule is CCS(=O)(=O)C1=CNC(OC2CCC(F)(F)CC2)=C(c2cc(C)n(O)c3nccc2-3)C1. The van der Waals surface area contributed by atoms with Crippen LogP contribution < -0.4 is 5.32 Å². The molecule has 1 aliphatic carbocycles. The van der Waals surface area contributed by atoms with Crippen molar-refractivity contribution in [3.05, 3.63) is 46.6 Å². The number of ether oxygens (including phenoxy) is 1. The Bertz CT molecular complexity index is 1130. The Hall–Kier alpha value is -2.62. The van der Waals surface area contributed by atoms with Crippen molar-refractivity contribution in [3.8, 4) is 11.4 Å². The second-order valence-corrected chi connectivity index (χ2v) is 10.3. The Labute approximate surface area is 179 Å². The van der Waals surface area contributed by atoms with Crippen molar-refractivity contribution < 1.29 is 27.1 Å². The Kier molecular flexibility index (Phi) is 5.45. The maximum absolute atomic E-state index is 13.5. The van der Waals surface area contributed by atoms with Crippen LogP contribution in [-0.2, 0) is 14.6 Å². The zero-order valence-corrected chi connectivity index (χ0v) is 18.2. The third kappa shape index (κ3) is 4.13. The van der Waals surface area contributed by atoms with Crippen molar-refractivity contribution in [3.63, 3.8) is 0 Å². The van der Waals surface area contributed by atoms with E-state index in [9.17, 15) is 22.4 Å². The Morgan fingerprint density at radius 1 is 1.32 bits per heavy atom. The number of nitrogens with zero attached hydrogens (tertiary/aromatic N) is 2. The van der Waals surface area contributed by atoms with Crippen molar-refractivity contribution in [2.75, 3.05) is 5.75 Å². The number of pyridine rings is 1. The first-order valence-electron chi connectivity index (χ1n) is 10.2. The van der Waals surface area contributed by atoms with Gasteiger partial charge in [-0.05, 0) is 37.5 Å². The molecule has 4 rings (SSSR count). The molecule has 1 saturated carbocycles. The fourth-order valence-corrected chi connectivity index (χ4v) is 4.99. The lowest BCUT2D eigenvalue weighted by atomic mass is 9.93. The van der Waals surface area contributed by atoms with E-state index in [0.29, 0.717) is 34.1 Å². The average Bonchev–Trinajstić information content (AvgIpc) is 3.23. The molecule has 10 heteroatoms. The smallest absolute Gasteiger partial charge is 0.248 e. The van der Waals surface area contributed by atoms with E-state index in [1.165, 1.54) is 6.20 Å². The average molecular weight is 454 g/mol. The lowest BCUT2D eigenvalue weighted by Gasteiger charge is -2.31. The minimum Gasteiger partial charge on any atom is -0.475 e. The van der Waals surface area contributed by atoms with E-state index in [1.807, 2.05) is 0 Å². The van der Waals surface area contributed by atoms with Crippen LogP contribution in [0.5, 0.6) is 0 Å². The second-order valence-electron chi connectivity index (χ2n) is 8.01. The molecule has 3 heterocycles. The van der Waals surface area contributed by atoms with Gasteiger partial charge in [0.1, 0.15) is 6.10 Å². The molecule has 0 radical (unpaired) electrons. The van der Waals surface area contributed by atoms with Crippen LogP contribution in [0, 0.1) is 6.92 Å². The molecule has 4 aliphatic rings. The molecule has 0 aromatic heterocycles. The topological polar surface area (TPSA) is 93.5 Å². The van der Waals surface area contributed by atoms with Crippen LogP contribution in [0.2, 0.25) is 0 Å². The predicted molar refractivity (Wildman–Crippen MR) is 111 cm³/mol. The number of dihydropyridines is 1. The molecular weight excluding hydrogens is 428 g/mol. The summed E-state index contributed by atoms with van der Waals surface area (Å²) in [7, 11) is -3.45. The summed E-state index contributed by atoms with van der Waals surface area (Å²) in [6.07, 6.45) is 2.62. The molecule has 0 spiro atoms. The van der Waals surface area contributed by atoms with E-state index in [0.717, 1.165) is 4.73 Å². The van der Waals surface area contributed by atoms with Gasteiger partial charge >= 0.3 is 0 Å². The van der Waals surface area contributed by atoms with Gasteiger partial charge in [0.25, 0.3) is 0 Å². The number of sulfone groups is 1. The molecule has 3 aliphatic heterocycles. The van der Waals surface area contributed by atoms with Gasteiger partial charge in [0.2, 0.25) is 5.92 Å². The number of nitrogens with one attached hydrogen (secondary N) is 1.